The molecule has 2 nitrogen and oxygen atoms in total. The van der Waals surface area contributed by atoms with Crippen molar-refractivity contribution in [2.45, 2.75) is 27.3 Å². The van der Waals surface area contributed by atoms with E-state index in [9.17, 15) is 4.39 Å². The first-order valence-electron chi connectivity index (χ1n) is 7.22. The summed E-state index contributed by atoms with van der Waals surface area (Å²) in [6.45, 7) is 7.72. The predicted octanol–water partition coefficient (Wildman–Crippen LogP) is 4.23. The lowest BCUT2D eigenvalue weighted by Gasteiger charge is -2.17. The molecule has 0 atom stereocenters. The van der Waals surface area contributed by atoms with E-state index in [1.165, 1.54) is 11.6 Å². The Labute approximate surface area is 126 Å². The number of hydrogen-bond acceptors (Lipinski definition) is 2. The third-order valence-electron chi connectivity index (χ3n) is 3.81. The van der Waals surface area contributed by atoms with Crippen molar-refractivity contribution >= 4 is 0 Å². The molecule has 0 spiro atoms. The van der Waals surface area contributed by atoms with E-state index >= 15 is 0 Å². The fourth-order valence-electron chi connectivity index (χ4n) is 2.48. The van der Waals surface area contributed by atoms with Gasteiger partial charge in [0.2, 0.25) is 0 Å². The second-order valence-electron chi connectivity index (χ2n) is 5.17. The molecule has 0 saturated carbocycles. The summed E-state index contributed by atoms with van der Waals surface area (Å²) in [6.07, 6.45) is 0. The Morgan fingerprint density at radius 2 is 1.86 bits per heavy atom. The van der Waals surface area contributed by atoms with Crippen LogP contribution >= 0.6 is 0 Å². The van der Waals surface area contributed by atoms with E-state index in [0.717, 1.165) is 34.5 Å². The molecule has 0 bridgehead atoms. The average molecular weight is 287 g/mol. The fraction of sp³-hybridized carbons (Fsp3) is 0.333. The normalized spacial score (nSPS) is 10.7. The Morgan fingerprint density at radius 1 is 1.10 bits per heavy atom. The first-order valence-corrected chi connectivity index (χ1v) is 7.22. The summed E-state index contributed by atoms with van der Waals surface area (Å²) in [4.78, 5) is 0. The molecule has 0 aliphatic heterocycles. The molecule has 0 unspecified atom stereocenters. The monoisotopic (exact) mass is 287 g/mol. The predicted molar refractivity (Wildman–Crippen MR) is 85.2 cm³/mol. The van der Waals surface area contributed by atoms with Gasteiger partial charge in [0.1, 0.15) is 11.6 Å². The minimum atomic E-state index is -0.231. The Morgan fingerprint density at radius 3 is 2.52 bits per heavy atom. The maximum Gasteiger partial charge on any atom is 0.129 e. The number of nitrogens with one attached hydrogen (secondary N) is 1. The van der Waals surface area contributed by atoms with Gasteiger partial charge in [0.15, 0.2) is 0 Å². The van der Waals surface area contributed by atoms with E-state index in [1.807, 2.05) is 26.0 Å². The Kier molecular flexibility index (Phi) is 4.97. The Hall–Kier alpha value is -1.87. The first kappa shape index (κ1) is 15.5. The van der Waals surface area contributed by atoms with E-state index in [4.69, 9.17) is 4.74 Å². The van der Waals surface area contributed by atoms with E-state index in [2.05, 4.69) is 18.3 Å². The van der Waals surface area contributed by atoms with Gasteiger partial charge in [0.25, 0.3) is 0 Å². The van der Waals surface area contributed by atoms with Crippen LogP contribution in [0.4, 0.5) is 4.39 Å². The topological polar surface area (TPSA) is 21.3 Å². The van der Waals surface area contributed by atoms with E-state index in [-0.39, 0.29) is 5.82 Å². The second-order valence-corrected chi connectivity index (χ2v) is 5.17. The molecule has 0 amide bonds. The number of hydrogen-bond donors (Lipinski definition) is 1. The van der Waals surface area contributed by atoms with Crippen LogP contribution in [0.1, 0.15) is 23.6 Å². The highest BCUT2D eigenvalue weighted by molar-refractivity contribution is 5.75. The van der Waals surface area contributed by atoms with Gasteiger partial charge in [0.05, 0.1) is 7.11 Å². The van der Waals surface area contributed by atoms with Crippen LogP contribution in [0.25, 0.3) is 11.1 Å². The molecule has 2 rings (SSSR count). The molecule has 0 heterocycles. The molecule has 0 saturated heterocycles. The summed E-state index contributed by atoms with van der Waals surface area (Å²) in [6, 6.07) is 8.98. The zero-order valence-corrected chi connectivity index (χ0v) is 13.1. The molecule has 0 aromatic heterocycles. The van der Waals surface area contributed by atoms with Gasteiger partial charge in [-0.1, -0.05) is 25.1 Å². The van der Waals surface area contributed by atoms with Gasteiger partial charge in [-0.2, -0.15) is 0 Å². The van der Waals surface area contributed by atoms with Gasteiger partial charge < -0.3 is 10.1 Å². The molecule has 2 aromatic rings. The molecule has 1 N–H and O–H groups in total. The summed E-state index contributed by atoms with van der Waals surface area (Å²) in [7, 11) is 1.66. The van der Waals surface area contributed by atoms with Crippen molar-refractivity contribution in [2.24, 2.45) is 0 Å². The highest BCUT2D eigenvalue weighted by Crippen LogP contribution is 2.36. The highest BCUT2D eigenvalue weighted by Gasteiger charge is 2.14. The minimum absolute atomic E-state index is 0.231. The molecular weight excluding hydrogens is 265 g/mol. The van der Waals surface area contributed by atoms with Crippen molar-refractivity contribution < 1.29 is 9.13 Å². The van der Waals surface area contributed by atoms with Crippen molar-refractivity contribution in [2.75, 3.05) is 13.7 Å². The largest absolute Gasteiger partial charge is 0.496 e. The summed E-state index contributed by atoms with van der Waals surface area (Å²) < 4.78 is 19.3. The van der Waals surface area contributed by atoms with Gasteiger partial charge in [-0.25, -0.2) is 4.39 Å². The van der Waals surface area contributed by atoms with Gasteiger partial charge in [0, 0.05) is 12.1 Å². The van der Waals surface area contributed by atoms with E-state index in [1.54, 1.807) is 13.2 Å². The number of halogens is 1. The molecule has 0 radical (unpaired) electrons. The van der Waals surface area contributed by atoms with Crippen LogP contribution in [0.5, 0.6) is 5.75 Å². The van der Waals surface area contributed by atoms with Crippen LogP contribution in [-0.2, 0) is 6.54 Å². The smallest absolute Gasteiger partial charge is 0.129 e. The van der Waals surface area contributed by atoms with Crippen LogP contribution in [-0.4, -0.2) is 13.7 Å². The zero-order chi connectivity index (χ0) is 15.4. The van der Waals surface area contributed by atoms with Crippen LogP contribution in [0.2, 0.25) is 0 Å². The number of methoxy groups -OCH3 is 1. The lowest BCUT2D eigenvalue weighted by atomic mass is 9.95. The maximum atomic E-state index is 13.7. The summed E-state index contributed by atoms with van der Waals surface area (Å²) in [5.41, 5.74) is 5.15. The molecule has 21 heavy (non-hydrogen) atoms. The number of ether oxygens (including phenoxy) is 1. The number of aryl methyl sites for hydroxylation is 1. The summed E-state index contributed by atoms with van der Waals surface area (Å²) in [5, 5.41) is 3.29. The van der Waals surface area contributed by atoms with Gasteiger partial charge in [-0.05, 0) is 54.8 Å². The molecule has 0 aliphatic rings. The second kappa shape index (κ2) is 6.72. The third-order valence-corrected chi connectivity index (χ3v) is 3.81. The number of benzene rings is 2. The SMILES string of the molecule is CCNCc1ccc(F)cc1-c1ccc(C)c(C)c1OC. The highest BCUT2D eigenvalue weighted by atomic mass is 19.1. The molecule has 3 heteroatoms. The van der Waals surface area contributed by atoms with E-state index < -0.39 is 0 Å². The molecular formula is C18H22FNO. The number of rotatable bonds is 5. The molecule has 112 valence electrons. The van der Waals surface area contributed by atoms with Crippen molar-refractivity contribution in [3.63, 3.8) is 0 Å². The summed E-state index contributed by atoms with van der Waals surface area (Å²) in [5.74, 6) is 0.587. The van der Waals surface area contributed by atoms with Crippen LogP contribution in [0.15, 0.2) is 30.3 Å². The van der Waals surface area contributed by atoms with Crippen LogP contribution < -0.4 is 10.1 Å². The van der Waals surface area contributed by atoms with E-state index in [0.29, 0.717) is 6.54 Å². The summed E-state index contributed by atoms with van der Waals surface area (Å²) >= 11 is 0. The van der Waals surface area contributed by atoms with Crippen LogP contribution in [0, 0.1) is 19.7 Å². The molecule has 0 fully saturated rings. The van der Waals surface area contributed by atoms with Crippen molar-refractivity contribution in [3.05, 3.63) is 52.8 Å². The Bertz CT molecular complexity index is 637. The van der Waals surface area contributed by atoms with Crippen molar-refractivity contribution in [1.82, 2.24) is 5.32 Å². The quantitative estimate of drug-likeness (QED) is 0.888. The average Bonchev–Trinajstić information content (AvgIpc) is 2.48. The lowest BCUT2D eigenvalue weighted by molar-refractivity contribution is 0.413. The zero-order valence-electron chi connectivity index (χ0n) is 13.1. The molecule has 0 aliphatic carbocycles. The molecule has 2 aromatic carbocycles. The minimum Gasteiger partial charge on any atom is -0.496 e. The third kappa shape index (κ3) is 3.24. The fourth-order valence-corrected chi connectivity index (χ4v) is 2.48. The first-order chi connectivity index (χ1) is 10.1. The van der Waals surface area contributed by atoms with Gasteiger partial charge >= 0.3 is 0 Å². The maximum absolute atomic E-state index is 13.7. The standard InChI is InChI=1S/C18H22FNO/c1-5-20-11-14-7-8-15(19)10-17(14)16-9-6-12(2)13(3)18(16)21-4/h6-10,20H,5,11H2,1-4H3. The Balaban J connectivity index is 2.60. The van der Waals surface area contributed by atoms with Crippen LogP contribution in [0.3, 0.4) is 0 Å². The van der Waals surface area contributed by atoms with Crippen molar-refractivity contribution in [3.8, 4) is 16.9 Å². The van der Waals surface area contributed by atoms with Gasteiger partial charge in [-0.15, -0.1) is 0 Å². The van der Waals surface area contributed by atoms with Gasteiger partial charge in [-0.3, -0.25) is 0 Å². The lowest BCUT2D eigenvalue weighted by Crippen LogP contribution is -2.12. The van der Waals surface area contributed by atoms with Crippen molar-refractivity contribution in [1.29, 1.82) is 0 Å².